The first-order chi connectivity index (χ1) is 9.24. The molecule has 0 saturated heterocycles. The lowest BCUT2D eigenvalue weighted by atomic mass is 10.0. The number of anilines is 2. The van der Waals surface area contributed by atoms with Crippen molar-refractivity contribution in [3.8, 4) is 0 Å². The van der Waals surface area contributed by atoms with E-state index in [1.54, 1.807) is 0 Å². The second kappa shape index (κ2) is 4.81. The van der Waals surface area contributed by atoms with Gasteiger partial charge in [-0.1, -0.05) is 36.4 Å². The molecular formula is C17H17N2. The highest BCUT2D eigenvalue weighted by molar-refractivity contribution is 5.83. The fraction of sp³-hybridized carbons (Fsp3) is 0.118. The van der Waals surface area contributed by atoms with E-state index in [0.717, 1.165) is 11.4 Å². The van der Waals surface area contributed by atoms with Crippen molar-refractivity contribution >= 4 is 17.1 Å². The van der Waals surface area contributed by atoms with Crippen molar-refractivity contribution in [3.63, 3.8) is 0 Å². The number of para-hydroxylation sites is 1. The highest BCUT2D eigenvalue weighted by Gasteiger charge is 2.11. The molecule has 2 heteroatoms. The normalized spacial score (nSPS) is 13.3. The van der Waals surface area contributed by atoms with E-state index in [0.29, 0.717) is 0 Å². The minimum atomic E-state index is 1.14. The van der Waals surface area contributed by atoms with Gasteiger partial charge in [-0.05, 0) is 29.3 Å². The van der Waals surface area contributed by atoms with Crippen LogP contribution in [-0.4, -0.2) is 14.1 Å². The van der Waals surface area contributed by atoms with E-state index in [-0.39, 0.29) is 0 Å². The lowest BCUT2D eigenvalue weighted by Gasteiger charge is -2.20. The Labute approximate surface area is 114 Å². The topological polar surface area (TPSA) is 15.3 Å². The number of nitrogens with one attached hydrogen (secondary N) is 1. The van der Waals surface area contributed by atoms with Crippen LogP contribution < -0.4 is 10.2 Å². The fourth-order valence-corrected chi connectivity index (χ4v) is 2.22. The van der Waals surface area contributed by atoms with Crippen LogP contribution in [0.3, 0.4) is 0 Å². The predicted octanol–water partition coefficient (Wildman–Crippen LogP) is 3.77. The van der Waals surface area contributed by atoms with Gasteiger partial charge in [0.05, 0.1) is 0 Å². The number of nitrogens with zero attached hydrogens (tertiary/aromatic N) is 1. The molecule has 2 aromatic carbocycles. The maximum Gasteiger partial charge on any atom is 0.0423 e. The molecule has 3 rings (SSSR count). The third kappa shape index (κ3) is 2.34. The van der Waals surface area contributed by atoms with Crippen LogP contribution in [0, 0.1) is 6.42 Å². The molecule has 0 spiro atoms. The summed E-state index contributed by atoms with van der Waals surface area (Å²) >= 11 is 0. The lowest BCUT2D eigenvalue weighted by molar-refractivity contribution is 1.13. The average molecular weight is 249 g/mol. The largest absolute Gasteiger partial charge is 0.378 e. The highest BCUT2D eigenvalue weighted by Crippen LogP contribution is 2.29. The molecular weight excluding hydrogens is 232 g/mol. The van der Waals surface area contributed by atoms with Crippen LogP contribution in [0.15, 0.2) is 54.6 Å². The average Bonchev–Trinajstić information content (AvgIpc) is 2.47. The standard InChI is InChI=1S/C17H17N2/c1-19(2)15-10-7-14(8-11-15)17-12-9-13-5-3-4-6-16(13)18-17/h3-12,18H,1-2H3. The predicted molar refractivity (Wildman–Crippen MR) is 82.2 cm³/mol. The van der Waals surface area contributed by atoms with E-state index >= 15 is 0 Å². The molecule has 0 atom stereocenters. The summed E-state index contributed by atoms with van der Waals surface area (Å²) in [7, 11) is 4.11. The van der Waals surface area contributed by atoms with Crippen LogP contribution in [0.4, 0.5) is 11.4 Å². The third-order valence-electron chi connectivity index (χ3n) is 3.35. The van der Waals surface area contributed by atoms with Crippen molar-refractivity contribution in [1.29, 1.82) is 0 Å². The van der Waals surface area contributed by atoms with Crippen LogP contribution in [0.2, 0.25) is 0 Å². The Morgan fingerprint density at radius 3 is 2.37 bits per heavy atom. The van der Waals surface area contributed by atoms with Crippen LogP contribution in [0.1, 0.15) is 11.1 Å². The van der Waals surface area contributed by atoms with Crippen molar-refractivity contribution in [3.05, 3.63) is 72.2 Å². The van der Waals surface area contributed by atoms with Gasteiger partial charge in [0.1, 0.15) is 0 Å². The van der Waals surface area contributed by atoms with Crippen molar-refractivity contribution in [1.82, 2.24) is 0 Å². The van der Waals surface area contributed by atoms with Gasteiger partial charge in [0.15, 0.2) is 0 Å². The zero-order valence-electron chi connectivity index (χ0n) is 11.2. The van der Waals surface area contributed by atoms with Crippen molar-refractivity contribution in [2.45, 2.75) is 0 Å². The zero-order valence-corrected chi connectivity index (χ0v) is 11.2. The molecule has 2 aromatic rings. The maximum absolute atomic E-state index is 3.48. The van der Waals surface area contributed by atoms with Crippen LogP contribution >= 0.6 is 0 Å². The van der Waals surface area contributed by atoms with Crippen molar-refractivity contribution in [2.75, 3.05) is 24.3 Å². The quantitative estimate of drug-likeness (QED) is 0.871. The summed E-state index contributed by atoms with van der Waals surface area (Å²) in [6.07, 6.45) is 4.29. The Bertz CT molecular complexity index is 609. The first kappa shape index (κ1) is 11.8. The molecule has 0 fully saturated rings. The number of allylic oxidation sites excluding steroid dienone is 1. The number of hydrogen-bond acceptors (Lipinski definition) is 2. The second-order valence-electron chi connectivity index (χ2n) is 4.90. The number of benzene rings is 2. The van der Waals surface area contributed by atoms with Gasteiger partial charge < -0.3 is 10.2 Å². The Morgan fingerprint density at radius 1 is 0.895 bits per heavy atom. The summed E-state index contributed by atoms with van der Waals surface area (Å²) in [5.74, 6) is 0. The molecule has 95 valence electrons. The maximum atomic E-state index is 3.48. The van der Waals surface area contributed by atoms with E-state index in [1.807, 2.05) is 0 Å². The Morgan fingerprint density at radius 2 is 1.63 bits per heavy atom. The highest BCUT2D eigenvalue weighted by atomic mass is 15.1. The molecule has 19 heavy (non-hydrogen) atoms. The summed E-state index contributed by atoms with van der Waals surface area (Å²) in [5.41, 5.74) is 5.96. The van der Waals surface area contributed by atoms with Crippen molar-refractivity contribution in [2.24, 2.45) is 0 Å². The summed E-state index contributed by atoms with van der Waals surface area (Å²) in [5, 5.41) is 3.48. The Balaban J connectivity index is 1.86. The van der Waals surface area contributed by atoms with Gasteiger partial charge in [-0.2, -0.15) is 0 Å². The smallest absolute Gasteiger partial charge is 0.0423 e. The van der Waals surface area contributed by atoms with Gasteiger partial charge in [-0.15, -0.1) is 0 Å². The summed E-state index contributed by atoms with van der Waals surface area (Å²) in [4.78, 5) is 2.11. The molecule has 2 nitrogen and oxygen atoms in total. The zero-order chi connectivity index (χ0) is 13.2. The molecule has 0 aromatic heterocycles. The van der Waals surface area contributed by atoms with E-state index in [1.165, 1.54) is 16.8 Å². The number of rotatable bonds is 2. The van der Waals surface area contributed by atoms with E-state index < -0.39 is 0 Å². The molecule has 0 amide bonds. The molecule has 1 N–H and O–H groups in total. The molecule has 0 aliphatic carbocycles. The van der Waals surface area contributed by atoms with Crippen LogP contribution in [0.25, 0.3) is 5.70 Å². The van der Waals surface area contributed by atoms with Gasteiger partial charge in [0.25, 0.3) is 0 Å². The first-order valence-electron chi connectivity index (χ1n) is 6.43. The first-order valence-corrected chi connectivity index (χ1v) is 6.43. The Hall–Kier alpha value is -2.22. The van der Waals surface area contributed by atoms with Gasteiger partial charge in [0.2, 0.25) is 0 Å². The number of fused-ring (bicyclic) bond motifs is 1. The van der Waals surface area contributed by atoms with Gasteiger partial charge in [0, 0.05) is 37.6 Å². The summed E-state index contributed by atoms with van der Waals surface area (Å²) in [6.45, 7) is 0. The monoisotopic (exact) mass is 249 g/mol. The fourth-order valence-electron chi connectivity index (χ4n) is 2.22. The minimum Gasteiger partial charge on any atom is -0.378 e. The van der Waals surface area contributed by atoms with Crippen molar-refractivity contribution < 1.29 is 0 Å². The van der Waals surface area contributed by atoms with Gasteiger partial charge in [-0.3, -0.25) is 0 Å². The van der Waals surface area contributed by atoms with E-state index in [2.05, 4.69) is 85.3 Å². The third-order valence-corrected chi connectivity index (χ3v) is 3.35. The second-order valence-corrected chi connectivity index (χ2v) is 4.90. The van der Waals surface area contributed by atoms with E-state index in [4.69, 9.17) is 0 Å². The summed E-state index contributed by atoms with van der Waals surface area (Å²) in [6, 6.07) is 16.9. The Kier molecular flexibility index (Phi) is 3.00. The van der Waals surface area contributed by atoms with Crippen LogP contribution in [0.5, 0.6) is 0 Å². The molecule has 0 bridgehead atoms. The van der Waals surface area contributed by atoms with Crippen LogP contribution in [-0.2, 0) is 0 Å². The SMILES string of the molecule is CN(C)c1ccc(C2=C[CH]c3ccccc3N2)cc1. The molecule has 0 saturated carbocycles. The lowest BCUT2D eigenvalue weighted by Crippen LogP contribution is -2.09. The molecule has 1 heterocycles. The van der Waals surface area contributed by atoms with E-state index in [9.17, 15) is 0 Å². The molecule has 0 unspecified atom stereocenters. The molecule has 1 radical (unpaired) electrons. The molecule has 1 aliphatic heterocycles. The van der Waals surface area contributed by atoms with Gasteiger partial charge in [-0.25, -0.2) is 0 Å². The minimum absolute atomic E-state index is 1.14. The number of hydrogen-bond donors (Lipinski definition) is 1. The molecule has 1 aliphatic rings. The van der Waals surface area contributed by atoms with Gasteiger partial charge >= 0.3 is 0 Å². The summed E-state index contributed by atoms with van der Waals surface area (Å²) < 4.78 is 0.